The number of hydrogen-bond acceptors (Lipinski definition) is 3. The molecule has 3 nitrogen and oxygen atoms in total. The second-order valence-electron chi connectivity index (χ2n) is 5.87. The van der Waals surface area contributed by atoms with Gasteiger partial charge in [0.15, 0.2) is 11.5 Å². The molecule has 2 rings (SSSR count). The summed E-state index contributed by atoms with van der Waals surface area (Å²) in [7, 11) is 1.52. The number of halogens is 1. The molecule has 1 aromatic rings. The van der Waals surface area contributed by atoms with E-state index in [4.69, 9.17) is 15.2 Å². The van der Waals surface area contributed by atoms with Gasteiger partial charge in [-0.1, -0.05) is 19.3 Å². The first-order valence-electron chi connectivity index (χ1n) is 7.30. The van der Waals surface area contributed by atoms with Gasteiger partial charge in [-0.05, 0) is 32.8 Å². The van der Waals surface area contributed by atoms with Crippen molar-refractivity contribution < 1.29 is 13.9 Å². The predicted molar refractivity (Wildman–Crippen MR) is 77.7 cm³/mol. The second kappa shape index (κ2) is 6.00. The van der Waals surface area contributed by atoms with Crippen LogP contribution in [0, 0.1) is 5.82 Å². The highest BCUT2D eigenvalue weighted by Gasteiger charge is 2.34. The maximum Gasteiger partial charge on any atom is 0.166 e. The van der Waals surface area contributed by atoms with Crippen LogP contribution in [0.1, 0.15) is 51.5 Å². The van der Waals surface area contributed by atoms with Gasteiger partial charge in [-0.2, -0.15) is 0 Å². The van der Waals surface area contributed by atoms with Gasteiger partial charge in [0.1, 0.15) is 5.82 Å². The van der Waals surface area contributed by atoms with E-state index in [9.17, 15) is 4.39 Å². The number of benzene rings is 1. The minimum Gasteiger partial charge on any atom is -0.493 e. The summed E-state index contributed by atoms with van der Waals surface area (Å²) >= 11 is 0. The molecule has 1 aliphatic carbocycles. The Kier molecular flexibility index (Phi) is 4.53. The summed E-state index contributed by atoms with van der Waals surface area (Å²) in [5.41, 5.74) is 6.77. The molecule has 0 amide bonds. The first kappa shape index (κ1) is 15.1. The van der Waals surface area contributed by atoms with Crippen LogP contribution < -0.4 is 15.2 Å². The van der Waals surface area contributed by atoms with Crippen LogP contribution in [0.4, 0.5) is 4.39 Å². The van der Waals surface area contributed by atoms with Crippen molar-refractivity contribution in [2.24, 2.45) is 5.73 Å². The van der Waals surface area contributed by atoms with Gasteiger partial charge < -0.3 is 15.2 Å². The van der Waals surface area contributed by atoms with Crippen LogP contribution >= 0.6 is 0 Å². The summed E-state index contributed by atoms with van der Waals surface area (Å²) in [5.74, 6) is 0.681. The van der Waals surface area contributed by atoms with Crippen LogP contribution in [0.15, 0.2) is 12.1 Å². The normalized spacial score (nSPS) is 18.1. The number of nitrogens with two attached hydrogens (primary N) is 1. The van der Waals surface area contributed by atoms with E-state index < -0.39 is 5.54 Å². The quantitative estimate of drug-likeness (QED) is 0.914. The largest absolute Gasteiger partial charge is 0.493 e. The van der Waals surface area contributed by atoms with Crippen LogP contribution in [0.3, 0.4) is 0 Å². The zero-order valence-electron chi connectivity index (χ0n) is 12.5. The highest BCUT2D eigenvalue weighted by atomic mass is 19.1. The minimum absolute atomic E-state index is 0.0136. The molecule has 0 spiro atoms. The average Bonchev–Trinajstić information content (AvgIpc) is 2.40. The summed E-state index contributed by atoms with van der Waals surface area (Å²) in [6.45, 7) is 3.88. The lowest BCUT2D eigenvalue weighted by molar-refractivity contribution is 0.213. The van der Waals surface area contributed by atoms with E-state index in [1.807, 2.05) is 13.8 Å². The van der Waals surface area contributed by atoms with Gasteiger partial charge in [0, 0.05) is 17.2 Å². The zero-order chi connectivity index (χ0) is 14.8. The van der Waals surface area contributed by atoms with Crippen molar-refractivity contribution in [2.75, 3.05) is 7.11 Å². The fraction of sp³-hybridized carbons (Fsp3) is 0.625. The monoisotopic (exact) mass is 281 g/mol. The highest BCUT2D eigenvalue weighted by molar-refractivity contribution is 5.50. The summed E-state index contributed by atoms with van der Waals surface area (Å²) in [6.07, 6.45) is 5.01. The Morgan fingerprint density at radius 1 is 1.20 bits per heavy atom. The van der Waals surface area contributed by atoms with Crippen molar-refractivity contribution in [3.63, 3.8) is 0 Å². The van der Waals surface area contributed by atoms with Crippen molar-refractivity contribution in [1.82, 2.24) is 0 Å². The topological polar surface area (TPSA) is 44.5 Å². The lowest BCUT2D eigenvalue weighted by Gasteiger charge is -2.35. The van der Waals surface area contributed by atoms with Crippen molar-refractivity contribution in [3.05, 3.63) is 23.5 Å². The van der Waals surface area contributed by atoms with Gasteiger partial charge in [-0.15, -0.1) is 0 Å². The van der Waals surface area contributed by atoms with Crippen LogP contribution in [-0.4, -0.2) is 13.2 Å². The fourth-order valence-electron chi connectivity index (χ4n) is 2.90. The molecule has 1 fully saturated rings. The molecular weight excluding hydrogens is 257 g/mol. The van der Waals surface area contributed by atoms with E-state index in [-0.39, 0.29) is 11.9 Å². The van der Waals surface area contributed by atoms with E-state index in [2.05, 4.69) is 0 Å². The molecule has 0 aromatic heterocycles. The summed E-state index contributed by atoms with van der Waals surface area (Å²) in [5, 5.41) is 0. The van der Waals surface area contributed by atoms with Gasteiger partial charge in [0.05, 0.1) is 13.2 Å². The van der Waals surface area contributed by atoms with Crippen molar-refractivity contribution in [2.45, 2.75) is 57.6 Å². The van der Waals surface area contributed by atoms with E-state index in [1.54, 1.807) is 0 Å². The Labute approximate surface area is 120 Å². The van der Waals surface area contributed by atoms with Gasteiger partial charge in [-0.25, -0.2) is 4.39 Å². The maximum absolute atomic E-state index is 13.9. The van der Waals surface area contributed by atoms with Crippen LogP contribution in [0.2, 0.25) is 0 Å². The number of ether oxygens (including phenoxy) is 2. The standard InChI is InChI=1S/C16H24FNO2/c1-11(2)20-15-13(9-12(17)10-14(15)19-3)16(18)7-5-4-6-8-16/h9-11H,4-8,18H2,1-3H3. The number of methoxy groups -OCH3 is 1. The molecule has 0 bridgehead atoms. The van der Waals surface area contributed by atoms with E-state index in [1.165, 1.54) is 25.7 Å². The average molecular weight is 281 g/mol. The van der Waals surface area contributed by atoms with E-state index >= 15 is 0 Å². The predicted octanol–water partition coefficient (Wildman–Crippen LogP) is 3.74. The molecule has 20 heavy (non-hydrogen) atoms. The van der Waals surface area contributed by atoms with Gasteiger partial charge >= 0.3 is 0 Å². The summed E-state index contributed by atoms with van der Waals surface area (Å²) in [6, 6.07) is 2.86. The Balaban J connectivity index is 2.51. The van der Waals surface area contributed by atoms with Crippen LogP contribution in [-0.2, 0) is 5.54 Å². The van der Waals surface area contributed by atoms with E-state index in [0.29, 0.717) is 11.5 Å². The third-order valence-electron chi connectivity index (χ3n) is 3.88. The smallest absolute Gasteiger partial charge is 0.166 e. The van der Waals surface area contributed by atoms with Crippen LogP contribution in [0.5, 0.6) is 11.5 Å². The Morgan fingerprint density at radius 2 is 1.85 bits per heavy atom. The highest BCUT2D eigenvalue weighted by Crippen LogP contribution is 2.44. The molecule has 0 atom stereocenters. The molecule has 0 heterocycles. The molecule has 0 aliphatic heterocycles. The molecule has 1 aliphatic rings. The molecule has 112 valence electrons. The van der Waals surface area contributed by atoms with Gasteiger partial charge in [-0.3, -0.25) is 0 Å². The van der Waals surface area contributed by atoms with Crippen molar-refractivity contribution >= 4 is 0 Å². The molecular formula is C16H24FNO2. The molecule has 0 radical (unpaired) electrons. The first-order chi connectivity index (χ1) is 9.46. The SMILES string of the molecule is COc1cc(F)cc(C2(N)CCCCC2)c1OC(C)C. The molecule has 2 N–H and O–H groups in total. The Morgan fingerprint density at radius 3 is 2.40 bits per heavy atom. The second-order valence-corrected chi connectivity index (χ2v) is 5.87. The Hall–Kier alpha value is -1.29. The van der Waals surface area contributed by atoms with Crippen LogP contribution in [0.25, 0.3) is 0 Å². The lowest BCUT2D eigenvalue weighted by Crippen LogP contribution is -2.39. The lowest BCUT2D eigenvalue weighted by atomic mass is 9.77. The minimum atomic E-state index is -0.516. The fourth-order valence-corrected chi connectivity index (χ4v) is 2.90. The molecule has 0 saturated heterocycles. The summed E-state index contributed by atoms with van der Waals surface area (Å²) in [4.78, 5) is 0. The molecule has 4 heteroatoms. The van der Waals surface area contributed by atoms with Crippen molar-refractivity contribution in [1.29, 1.82) is 0 Å². The molecule has 1 aromatic carbocycles. The summed E-state index contributed by atoms with van der Waals surface area (Å²) < 4.78 is 25.0. The zero-order valence-corrected chi connectivity index (χ0v) is 12.5. The molecule has 1 saturated carbocycles. The first-order valence-corrected chi connectivity index (χ1v) is 7.30. The van der Waals surface area contributed by atoms with Gasteiger partial charge in [0.2, 0.25) is 0 Å². The van der Waals surface area contributed by atoms with E-state index in [0.717, 1.165) is 31.2 Å². The maximum atomic E-state index is 13.9. The van der Waals surface area contributed by atoms with Crippen molar-refractivity contribution in [3.8, 4) is 11.5 Å². The van der Waals surface area contributed by atoms with Gasteiger partial charge in [0.25, 0.3) is 0 Å². The number of rotatable bonds is 4. The molecule has 0 unspecified atom stereocenters. The third kappa shape index (κ3) is 3.06. The Bertz CT molecular complexity index is 468. The third-order valence-corrected chi connectivity index (χ3v) is 3.88. The number of hydrogen-bond donors (Lipinski definition) is 1.